The second-order valence-corrected chi connectivity index (χ2v) is 6.06. The third-order valence-corrected chi connectivity index (χ3v) is 4.10. The minimum absolute atomic E-state index is 0.307. The Morgan fingerprint density at radius 2 is 1.70 bits per heavy atom. The van der Waals surface area contributed by atoms with Crippen molar-refractivity contribution in [2.75, 3.05) is 0 Å². The molecule has 106 valence electrons. The highest BCUT2D eigenvalue weighted by molar-refractivity contribution is 6.35. The Bertz CT molecular complexity index is 584. The molecule has 0 aliphatic heterocycles. The highest BCUT2D eigenvalue weighted by Gasteiger charge is 2.07. The highest BCUT2D eigenvalue weighted by atomic mass is 35.5. The van der Waals surface area contributed by atoms with Crippen LogP contribution in [-0.4, -0.2) is 6.04 Å². The van der Waals surface area contributed by atoms with Crippen LogP contribution < -0.4 is 5.32 Å². The van der Waals surface area contributed by atoms with Crippen LogP contribution in [0.2, 0.25) is 15.1 Å². The maximum absolute atomic E-state index is 6.16. The van der Waals surface area contributed by atoms with E-state index in [0.717, 1.165) is 22.6 Å². The van der Waals surface area contributed by atoms with Crippen molar-refractivity contribution in [2.24, 2.45) is 0 Å². The molecule has 0 aliphatic carbocycles. The number of rotatable bonds is 5. The summed E-state index contributed by atoms with van der Waals surface area (Å²) in [7, 11) is 0. The zero-order valence-electron chi connectivity index (χ0n) is 11.2. The average Bonchev–Trinajstić information content (AvgIpc) is 2.40. The Morgan fingerprint density at radius 3 is 2.40 bits per heavy atom. The van der Waals surface area contributed by atoms with E-state index in [1.54, 1.807) is 6.07 Å². The lowest BCUT2D eigenvalue weighted by Gasteiger charge is -2.15. The molecule has 4 heteroatoms. The molecule has 0 saturated carbocycles. The van der Waals surface area contributed by atoms with E-state index >= 15 is 0 Å². The summed E-state index contributed by atoms with van der Waals surface area (Å²) in [5.41, 5.74) is 2.19. The summed E-state index contributed by atoms with van der Waals surface area (Å²) in [5.74, 6) is 0. The molecule has 2 aromatic carbocycles. The van der Waals surface area contributed by atoms with Gasteiger partial charge in [0.25, 0.3) is 0 Å². The Kier molecular flexibility index (Phi) is 5.74. The lowest BCUT2D eigenvalue weighted by atomic mass is 10.1. The SMILES string of the molecule is CC(Cc1ccccc1Cl)NCc1ccc(Cl)cc1Cl. The van der Waals surface area contributed by atoms with Crippen LogP contribution in [-0.2, 0) is 13.0 Å². The quantitative estimate of drug-likeness (QED) is 0.778. The first-order valence-electron chi connectivity index (χ1n) is 6.47. The van der Waals surface area contributed by atoms with E-state index in [-0.39, 0.29) is 0 Å². The van der Waals surface area contributed by atoms with E-state index < -0.39 is 0 Å². The fourth-order valence-corrected chi connectivity index (χ4v) is 2.70. The Labute approximate surface area is 134 Å². The lowest BCUT2D eigenvalue weighted by molar-refractivity contribution is 0.545. The molecule has 20 heavy (non-hydrogen) atoms. The Morgan fingerprint density at radius 1 is 0.950 bits per heavy atom. The second kappa shape index (κ2) is 7.33. The van der Waals surface area contributed by atoms with E-state index in [9.17, 15) is 0 Å². The first kappa shape index (κ1) is 15.7. The van der Waals surface area contributed by atoms with Crippen molar-refractivity contribution >= 4 is 34.8 Å². The number of hydrogen-bond donors (Lipinski definition) is 1. The van der Waals surface area contributed by atoms with Crippen LogP contribution in [0.25, 0.3) is 0 Å². The van der Waals surface area contributed by atoms with Gasteiger partial charge < -0.3 is 5.32 Å². The molecule has 0 aromatic heterocycles. The van der Waals surface area contributed by atoms with Gasteiger partial charge in [0.05, 0.1) is 0 Å². The first-order chi connectivity index (χ1) is 9.56. The van der Waals surface area contributed by atoms with Gasteiger partial charge in [0.1, 0.15) is 0 Å². The van der Waals surface area contributed by atoms with Gasteiger partial charge in [-0.25, -0.2) is 0 Å². The summed E-state index contributed by atoms with van der Waals surface area (Å²) < 4.78 is 0. The summed E-state index contributed by atoms with van der Waals surface area (Å²) in [6.07, 6.45) is 0.880. The molecule has 1 N–H and O–H groups in total. The summed E-state index contributed by atoms with van der Waals surface area (Å²) in [6, 6.07) is 13.8. The zero-order chi connectivity index (χ0) is 14.5. The van der Waals surface area contributed by atoms with Gasteiger partial charge in [0.15, 0.2) is 0 Å². The first-order valence-corrected chi connectivity index (χ1v) is 7.60. The van der Waals surface area contributed by atoms with Gasteiger partial charge in [-0.3, -0.25) is 0 Å². The zero-order valence-corrected chi connectivity index (χ0v) is 13.4. The fourth-order valence-electron chi connectivity index (χ4n) is 2.02. The third-order valence-electron chi connectivity index (χ3n) is 3.14. The van der Waals surface area contributed by atoms with Gasteiger partial charge in [-0.1, -0.05) is 59.1 Å². The van der Waals surface area contributed by atoms with Crippen molar-refractivity contribution in [3.63, 3.8) is 0 Å². The van der Waals surface area contributed by atoms with Crippen molar-refractivity contribution in [2.45, 2.75) is 25.9 Å². The van der Waals surface area contributed by atoms with E-state index in [1.165, 1.54) is 0 Å². The van der Waals surface area contributed by atoms with E-state index in [0.29, 0.717) is 22.6 Å². The molecule has 0 saturated heterocycles. The second-order valence-electron chi connectivity index (χ2n) is 4.81. The smallest absolute Gasteiger partial charge is 0.0465 e. The summed E-state index contributed by atoms with van der Waals surface area (Å²) >= 11 is 18.2. The normalized spacial score (nSPS) is 12.4. The number of benzene rings is 2. The van der Waals surface area contributed by atoms with Crippen molar-refractivity contribution in [3.8, 4) is 0 Å². The largest absolute Gasteiger partial charge is 0.310 e. The standard InChI is InChI=1S/C16H16Cl3N/c1-11(8-12-4-2-3-5-15(12)18)20-10-13-6-7-14(17)9-16(13)19/h2-7,9,11,20H,8,10H2,1H3. The van der Waals surface area contributed by atoms with E-state index in [1.807, 2.05) is 30.3 Å². The van der Waals surface area contributed by atoms with Gasteiger partial charge in [-0.05, 0) is 42.7 Å². The van der Waals surface area contributed by atoms with Crippen LogP contribution in [0.1, 0.15) is 18.1 Å². The minimum Gasteiger partial charge on any atom is -0.310 e. The third kappa shape index (κ3) is 4.39. The predicted octanol–water partition coefficient (Wildman–Crippen LogP) is 5.37. The Balaban J connectivity index is 1.92. The number of halogens is 3. The summed E-state index contributed by atoms with van der Waals surface area (Å²) in [5, 5.41) is 5.60. The fraction of sp³-hybridized carbons (Fsp3) is 0.250. The topological polar surface area (TPSA) is 12.0 Å². The van der Waals surface area contributed by atoms with Crippen molar-refractivity contribution in [1.82, 2.24) is 5.32 Å². The molecule has 0 bridgehead atoms. The van der Waals surface area contributed by atoms with Crippen LogP contribution >= 0.6 is 34.8 Å². The molecule has 0 aliphatic rings. The molecule has 1 unspecified atom stereocenters. The molecular weight excluding hydrogens is 313 g/mol. The van der Waals surface area contributed by atoms with Crippen LogP contribution in [0.4, 0.5) is 0 Å². The molecule has 0 amide bonds. The molecule has 2 rings (SSSR count). The van der Waals surface area contributed by atoms with Gasteiger partial charge >= 0.3 is 0 Å². The monoisotopic (exact) mass is 327 g/mol. The molecule has 0 heterocycles. The van der Waals surface area contributed by atoms with Crippen LogP contribution in [0.5, 0.6) is 0 Å². The van der Waals surface area contributed by atoms with Crippen LogP contribution in [0.3, 0.4) is 0 Å². The average molecular weight is 329 g/mol. The van der Waals surface area contributed by atoms with Crippen molar-refractivity contribution < 1.29 is 0 Å². The van der Waals surface area contributed by atoms with Crippen LogP contribution in [0, 0.1) is 0 Å². The van der Waals surface area contributed by atoms with Gasteiger partial charge in [-0.15, -0.1) is 0 Å². The maximum Gasteiger partial charge on any atom is 0.0465 e. The van der Waals surface area contributed by atoms with Gasteiger partial charge in [0, 0.05) is 27.7 Å². The predicted molar refractivity (Wildman–Crippen MR) is 87.9 cm³/mol. The summed E-state index contributed by atoms with van der Waals surface area (Å²) in [4.78, 5) is 0. The molecular formula is C16H16Cl3N. The van der Waals surface area contributed by atoms with Crippen molar-refractivity contribution in [1.29, 1.82) is 0 Å². The lowest BCUT2D eigenvalue weighted by Crippen LogP contribution is -2.27. The number of nitrogens with one attached hydrogen (secondary N) is 1. The molecule has 0 spiro atoms. The highest BCUT2D eigenvalue weighted by Crippen LogP contribution is 2.21. The molecule has 0 radical (unpaired) electrons. The molecule has 0 fully saturated rings. The van der Waals surface area contributed by atoms with Gasteiger partial charge in [0.2, 0.25) is 0 Å². The van der Waals surface area contributed by atoms with Crippen molar-refractivity contribution in [3.05, 3.63) is 68.7 Å². The van der Waals surface area contributed by atoms with E-state index in [2.05, 4.69) is 18.3 Å². The molecule has 1 atom stereocenters. The summed E-state index contributed by atoms with van der Waals surface area (Å²) in [6.45, 7) is 2.84. The molecule has 2 aromatic rings. The minimum atomic E-state index is 0.307. The maximum atomic E-state index is 6.16. The van der Waals surface area contributed by atoms with Crippen LogP contribution in [0.15, 0.2) is 42.5 Å². The Hall–Kier alpha value is -0.730. The van der Waals surface area contributed by atoms with E-state index in [4.69, 9.17) is 34.8 Å². The number of hydrogen-bond acceptors (Lipinski definition) is 1. The van der Waals surface area contributed by atoms with Gasteiger partial charge in [-0.2, -0.15) is 0 Å². The molecule has 1 nitrogen and oxygen atoms in total.